The SMILES string of the molecule is CNC1CC(C)NC(C)C1. The molecule has 0 aliphatic carbocycles. The molecule has 2 heteroatoms. The third-order valence-electron chi connectivity index (χ3n) is 2.25. The van der Waals surface area contributed by atoms with Gasteiger partial charge in [0.1, 0.15) is 0 Å². The maximum atomic E-state index is 3.50. The number of nitrogens with one attached hydrogen (secondary N) is 2. The number of piperidine rings is 1. The summed E-state index contributed by atoms with van der Waals surface area (Å²) in [7, 11) is 2.05. The van der Waals surface area contributed by atoms with Crippen LogP contribution in [0.1, 0.15) is 26.7 Å². The highest BCUT2D eigenvalue weighted by molar-refractivity contribution is 4.83. The van der Waals surface area contributed by atoms with Gasteiger partial charge in [0.25, 0.3) is 0 Å². The van der Waals surface area contributed by atoms with Gasteiger partial charge in [-0.05, 0) is 33.7 Å². The third-order valence-corrected chi connectivity index (χ3v) is 2.25. The molecule has 0 amide bonds. The minimum atomic E-state index is 0.682. The zero-order valence-corrected chi connectivity index (χ0v) is 7.15. The summed E-state index contributed by atoms with van der Waals surface area (Å²) in [4.78, 5) is 0. The predicted octanol–water partition coefficient (Wildman–Crippen LogP) is 0.735. The largest absolute Gasteiger partial charge is 0.317 e. The Morgan fingerprint density at radius 3 is 2.10 bits per heavy atom. The van der Waals surface area contributed by atoms with E-state index in [0.717, 1.165) is 6.04 Å². The summed E-state index contributed by atoms with van der Waals surface area (Å²) in [6.07, 6.45) is 2.53. The van der Waals surface area contributed by atoms with Crippen LogP contribution in [-0.2, 0) is 0 Å². The molecule has 0 aromatic carbocycles. The lowest BCUT2D eigenvalue weighted by Crippen LogP contribution is -2.48. The van der Waals surface area contributed by atoms with Crippen molar-refractivity contribution in [1.29, 1.82) is 0 Å². The lowest BCUT2D eigenvalue weighted by atomic mass is 9.96. The van der Waals surface area contributed by atoms with E-state index in [1.54, 1.807) is 0 Å². The molecule has 1 aliphatic rings. The Labute approximate surface area is 63.4 Å². The lowest BCUT2D eigenvalue weighted by molar-refractivity contribution is 0.292. The van der Waals surface area contributed by atoms with Crippen molar-refractivity contribution in [2.45, 2.75) is 44.8 Å². The Hall–Kier alpha value is -0.0800. The number of hydrogen-bond acceptors (Lipinski definition) is 2. The van der Waals surface area contributed by atoms with Crippen LogP contribution in [0.3, 0.4) is 0 Å². The molecule has 2 atom stereocenters. The molecule has 0 aromatic rings. The molecule has 0 aromatic heterocycles. The van der Waals surface area contributed by atoms with Crippen molar-refractivity contribution in [3.63, 3.8) is 0 Å². The van der Waals surface area contributed by atoms with Gasteiger partial charge in [-0.3, -0.25) is 0 Å². The first-order valence-electron chi connectivity index (χ1n) is 4.15. The van der Waals surface area contributed by atoms with E-state index >= 15 is 0 Å². The summed E-state index contributed by atoms with van der Waals surface area (Å²) < 4.78 is 0. The molecule has 60 valence electrons. The number of rotatable bonds is 1. The first-order valence-corrected chi connectivity index (χ1v) is 4.15. The maximum Gasteiger partial charge on any atom is 0.00934 e. The molecule has 0 bridgehead atoms. The van der Waals surface area contributed by atoms with E-state index in [-0.39, 0.29) is 0 Å². The molecule has 1 heterocycles. The summed E-state index contributed by atoms with van der Waals surface area (Å²) in [5.74, 6) is 0. The van der Waals surface area contributed by atoms with Crippen molar-refractivity contribution in [1.82, 2.24) is 10.6 Å². The maximum absolute atomic E-state index is 3.50. The second-order valence-corrected chi connectivity index (χ2v) is 3.43. The van der Waals surface area contributed by atoms with E-state index in [1.807, 2.05) is 0 Å². The lowest BCUT2D eigenvalue weighted by Gasteiger charge is -2.32. The van der Waals surface area contributed by atoms with Crippen LogP contribution in [0.15, 0.2) is 0 Å². The Morgan fingerprint density at radius 2 is 1.70 bits per heavy atom. The minimum absolute atomic E-state index is 0.682. The molecule has 2 nitrogen and oxygen atoms in total. The molecule has 0 spiro atoms. The van der Waals surface area contributed by atoms with Gasteiger partial charge in [0.05, 0.1) is 0 Å². The molecule has 1 aliphatic heterocycles. The monoisotopic (exact) mass is 142 g/mol. The Bertz CT molecular complexity index is 93.4. The van der Waals surface area contributed by atoms with Gasteiger partial charge in [0.2, 0.25) is 0 Å². The summed E-state index contributed by atoms with van der Waals surface area (Å²) >= 11 is 0. The molecule has 2 unspecified atom stereocenters. The van der Waals surface area contributed by atoms with Crippen molar-refractivity contribution in [2.75, 3.05) is 7.05 Å². The van der Waals surface area contributed by atoms with Crippen LogP contribution >= 0.6 is 0 Å². The van der Waals surface area contributed by atoms with Gasteiger partial charge >= 0.3 is 0 Å². The molecule has 1 saturated heterocycles. The zero-order valence-electron chi connectivity index (χ0n) is 7.15. The smallest absolute Gasteiger partial charge is 0.00934 e. The minimum Gasteiger partial charge on any atom is -0.317 e. The second-order valence-electron chi connectivity index (χ2n) is 3.43. The molecule has 0 saturated carbocycles. The van der Waals surface area contributed by atoms with Gasteiger partial charge in [-0.15, -0.1) is 0 Å². The van der Waals surface area contributed by atoms with Gasteiger partial charge in [0, 0.05) is 18.1 Å². The fraction of sp³-hybridized carbons (Fsp3) is 1.00. The van der Waals surface area contributed by atoms with Crippen LogP contribution in [0.5, 0.6) is 0 Å². The summed E-state index contributed by atoms with van der Waals surface area (Å²) in [6.45, 7) is 4.50. The Balaban J connectivity index is 2.35. The predicted molar refractivity (Wildman–Crippen MR) is 44.1 cm³/mol. The molecular weight excluding hydrogens is 124 g/mol. The standard InChI is InChI=1S/C8H18N2/c1-6-4-8(9-3)5-7(2)10-6/h6-10H,4-5H2,1-3H3. The van der Waals surface area contributed by atoms with Gasteiger partial charge in [-0.1, -0.05) is 0 Å². The average molecular weight is 142 g/mol. The third kappa shape index (κ3) is 1.96. The van der Waals surface area contributed by atoms with Gasteiger partial charge < -0.3 is 10.6 Å². The Morgan fingerprint density at radius 1 is 1.20 bits per heavy atom. The summed E-state index contributed by atoms with van der Waals surface area (Å²) in [5.41, 5.74) is 0. The van der Waals surface area contributed by atoms with Crippen molar-refractivity contribution in [3.8, 4) is 0 Å². The molecule has 1 rings (SSSR count). The van der Waals surface area contributed by atoms with E-state index in [4.69, 9.17) is 0 Å². The van der Waals surface area contributed by atoms with Gasteiger partial charge in [-0.25, -0.2) is 0 Å². The van der Waals surface area contributed by atoms with Crippen molar-refractivity contribution in [2.24, 2.45) is 0 Å². The summed E-state index contributed by atoms with van der Waals surface area (Å²) in [6, 6.07) is 2.09. The molecular formula is C8H18N2. The van der Waals surface area contributed by atoms with Crippen LogP contribution in [0, 0.1) is 0 Å². The fourth-order valence-electron chi connectivity index (χ4n) is 1.81. The van der Waals surface area contributed by atoms with Crippen molar-refractivity contribution in [3.05, 3.63) is 0 Å². The Kier molecular flexibility index (Phi) is 2.69. The van der Waals surface area contributed by atoms with Crippen LogP contribution < -0.4 is 10.6 Å². The average Bonchev–Trinajstić information content (AvgIpc) is 1.85. The first kappa shape index (κ1) is 8.02. The van der Waals surface area contributed by atoms with Gasteiger partial charge in [0.15, 0.2) is 0 Å². The molecule has 0 radical (unpaired) electrons. The normalized spacial score (nSPS) is 41.7. The van der Waals surface area contributed by atoms with Crippen LogP contribution in [-0.4, -0.2) is 25.2 Å². The highest BCUT2D eigenvalue weighted by atomic mass is 15.0. The topological polar surface area (TPSA) is 24.1 Å². The van der Waals surface area contributed by atoms with E-state index in [9.17, 15) is 0 Å². The first-order chi connectivity index (χ1) is 4.72. The highest BCUT2D eigenvalue weighted by Crippen LogP contribution is 2.12. The molecule has 1 fully saturated rings. The summed E-state index contributed by atoms with van der Waals surface area (Å²) in [5, 5.41) is 6.83. The van der Waals surface area contributed by atoms with E-state index in [0.29, 0.717) is 12.1 Å². The fourth-order valence-corrected chi connectivity index (χ4v) is 1.81. The van der Waals surface area contributed by atoms with Crippen LogP contribution in [0.4, 0.5) is 0 Å². The van der Waals surface area contributed by atoms with Crippen molar-refractivity contribution >= 4 is 0 Å². The van der Waals surface area contributed by atoms with E-state index in [1.165, 1.54) is 12.8 Å². The van der Waals surface area contributed by atoms with Gasteiger partial charge in [-0.2, -0.15) is 0 Å². The van der Waals surface area contributed by atoms with Crippen LogP contribution in [0.2, 0.25) is 0 Å². The second kappa shape index (κ2) is 3.35. The highest BCUT2D eigenvalue weighted by Gasteiger charge is 2.20. The number of hydrogen-bond donors (Lipinski definition) is 2. The molecule has 2 N–H and O–H groups in total. The van der Waals surface area contributed by atoms with E-state index in [2.05, 4.69) is 31.5 Å². The quantitative estimate of drug-likeness (QED) is 0.564. The molecule has 10 heavy (non-hydrogen) atoms. The zero-order chi connectivity index (χ0) is 7.56. The van der Waals surface area contributed by atoms with Crippen molar-refractivity contribution < 1.29 is 0 Å². The van der Waals surface area contributed by atoms with Crippen LogP contribution in [0.25, 0.3) is 0 Å². The van der Waals surface area contributed by atoms with E-state index < -0.39 is 0 Å².